The average Bonchev–Trinajstić information content (AvgIpc) is 3.25. The number of alkyl carbamates (subject to hydrolysis) is 1. The van der Waals surface area contributed by atoms with Crippen LogP contribution in [0.1, 0.15) is 44.1 Å². The predicted molar refractivity (Wildman–Crippen MR) is 114 cm³/mol. The van der Waals surface area contributed by atoms with E-state index in [1.54, 1.807) is 0 Å². The highest BCUT2D eigenvalue weighted by Gasteiger charge is 2.37. The molecule has 1 aromatic rings. The van der Waals surface area contributed by atoms with Crippen LogP contribution in [0.25, 0.3) is 0 Å². The number of likely N-dealkylation sites (tertiary alicyclic amines) is 1. The Morgan fingerprint density at radius 1 is 1.13 bits per heavy atom. The Balaban J connectivity index is 1.45. The van der Waals surface area contributed by atoms with Gasteiger partial charge < -0.3 is 20.1 Å². The van der Waals surface area contributed by atoms with Crippen molar-refractivity contribution in [3.8, 4) is 0 Å². The minimum atomic E-state index is -2.14. The van der Waals surface area contributed by atoms with Gasteiger partial charge in [0.1, 0.15) is 19.3 Å². The molecule has 170 valence electrons. The topological polar surface area (TPSA) is 122 Å². The van der Waals surface area contributed by atoms with Gasteiger partial charge in [0.2, 0.25) is 0 Å². The summed E-state index contributed by atoms with van der Waals surface area (Å²) in [5.74, 6) is -1.46. The molecule has 2 atom stereocenters. The quantitative estimate of drug-likeness (QED) is 0.347. The summed E-state index contributed by atoms with van der Waals surface area (Å²) in [5.41, 5.74) is 0.930. The summed E-state index contributed by atoms with van der Waals surface area (Å²) in [7, 11) is -2.14. The van der Waals surface area contributed by atoms with E-state index in [0.717, 1.165) is 24.8 Å². The fraction of sp³-hybridized carbons (Fsp3) is 0.571. The van der Waals surface area contributed by atoms with Gasteiger partial charge >= 0.3 is 20.1 Å². The molecular weight excluding hydrogens is 423 g/mol. The van der Waals surface area contributed by atoms with Gasteiger partial charge in [0.05, 0.1) is 0 Å². The van der Waals surface area contributed by atoms with Crippen LogP contribution in [0.2, 0.25) is 0 Å². The number of aliphatic carboxylic acids is 1. The van der Waals surface area contributed by atoms with E-state index < -0.39 is 32.0 Å². The molecule has 1 fully saturated rings. The first-order valence-corrected chi connectivity index (χ1v) is 11.9. The monoisotopic (exact) mass is 453 g/mol. The second-order valence-electron chi connectivity index (χ2n) is 7.31. The van der Waals surface area contributed by atoms with Crippen molar-refractivity contribution in [3.63, 3.8) is 0 Å². The van der Waals surface area contributed by atoms with Crippen molar-refractivity contribution in [2.75, 3.05) is 25.9 Å². The molecule has 9 nitrogen and oxygen atoms in total. The van der Waals surface area contributed by atoms with Crippen LogP contribution >= 0.6 is 8.03 Å². The first-order chi connectivity index (χ1) is 15.0. The maximum atomic E-state index is 12.1. The van der Waals surface area contributed by atoms with Crippen LogP contribution in [0.15, 0.2) is 30.3 Å². The Morgan fingerprint density at radius 3 is 2.61 bits per heavy atom. The van der Waals surface area contributed by atoms with Gasteiger partial charge in [-0.3, -0.25) is 4.79 Å². The number of rotatable bonds is 13. The van der Waals surface area contributed by atoms with E-state index in [0.29, 0.717) is 32.4 Å². The van der Waals surface area contributed by atoms with Crippen molar-refractivity contribution in [1.82, 2.24) is 10.2 Å². The van der Waals surface area contributed by atoms with Gasteiger partial charge in [-0.15, -0.1) is 4.52 Å². The molecule has 10 heteroatoms. The zero-order valence-corrected chi connectivity index (χ0v) is 18.4. The van der Waals surface area contributed by atoms with Gasteiger partial charge in [0.25, 0.3) is 12.1 Å². The summed E-state index contributed by atoms with van der Waals surface area (Å²) in [6, 6.07) is 8.63. The minimum absolute atomic E-state index is 0.236. The highest BCUT2D eigenvalue weighted by Crippen LogP contribution is 2.26. The summed E-state index contributed by atoms with van der Waals surface area (Å²) in [4.78, 5) is 36.1. The van der Waals surface area contributed by atoms with Gasteiger partial charge in [-0.25, -0.2) is 9.59 Å². The number of carboxylic acids is 1. The van der Waals surface area contributed by atoms with Crippen molar-refractivity contribution in [2.45, 2.75) is 51.2 Å². The van der Waals surface area contributed by atoms with E-state index in [9.17, 15) is 18.9 Å². The lowest BCUT2D eigenvalue weighted by Gasteiger charge is -2.18. The number of benzene rings is 1. The maximum absolute atomic E-state index is 12.1. The average molecular weight is 453 g/mol. The molecule has 0 spiro atoms. The summed E-state index contributed by atoms with van der Waals surface area (Å²) in [6.45, 7) is 1.40. The molecule has 2 amide bonds. The number of nitrogens with one attached hydrogen (secondary N) is 1. The van der Waals surface area contributed by atoms with Crippen LogP contribution in [-0.4, -0.2) is 59.9 Å². The van der Waals surface area contributed by atoms with Crippen molar-refractivity contribution >= 4 is 26.0 Å². The van der Waals surface area contributed by atoms with Gasteiger partial charge in [-0.1, -0.05) is 43.2 Å². The fourth-order valence-electron chi connectivity index (χ4n) is 3.28. The van der Waals surface area contributed by atoms with Gasteiger partial charge in [-0.05, 0) is 35.8 Å². The zero-order valence-electron chi connectivity index (χ0n) is 17.5. The summed E-state index contributed by atoms with van der Waals surface area (Å²) >= 11 is 0. The Kier molecular flexibility index (Phi) is 11.0. The van der Waals surface area contributed by atoms with Crippen molar-refractivity contribution in [3.05, 3.63) is 35.9 Å². The minimum Gasteiger partial charge on any atom is -0.480 e. The summed E-state index contributed by atoms with van der Waals surface area (Å²) in [5, 5.41) is 11.8. The molecule has 1 saturated heterocycles. The lowest BCUT2D eigenvalue weighted by atomic mass is 10.2. The lowest BCUT2D eigenvalue weighted by molar-refractivity contribution is -0.147. The number of carboxylic acid groups (broad SMARTS) is 1. The molecule has 1 unspecified atom stereocenters. The highest BCUT2D eigenvalue weighted by atomic mass is 31.1. The first-order valence-electron chi connectivity index (χ1n) is 10.5. The van der Waals surface area contributed by atoms with E-state index in [-0.39, 0.29) is 19.4 Å². The van der Waals surface area contributed by atoms with Crippen LogP contribution in [-0.2, 0) is 30.0 Å². The Labute approximate surface area is 183 Å². The van der Waals surface area contributed by atoms with E-state index >= 15 is 0 Å². The maximum Gasteiger partial charge on any atom is 0.518 e. The van der Waals surface area contributed by atoms with Crippen LogP contribution in [0, 0.1) is 0 Å². The number of amides is 2. The number of unbranched alkanes of at least 4 members (excludes halogenated alkanes) is 3. The zero-order chi connectivity index (χ0) is 22.5. The number of ether oxygens (including phenoxy) is 1. The van der Waals surface area contributed by atoms with E-state index in [2.05, 4.69) is 5.32 Å². The molecule has 0 aliphatic carbocycles. The van der Waals surface area contributed by atoms with Crippen molar-refractivity contribution in [1.29, 1.82) is 0 Å². The molecule has 0 saturated carbocycles. The van der Waals surface area contributed by atoms with Crippen LogP contribution < -0.4 is 5.32 Å². The standard InChI is InChI=1S/C21H29N2O7P/c24-19(23-13-8-11-18(23)20(25)26)16-31(28)30-14-7-2-1-6-12-22-21(27)29-15-17-9-4-3-5-10-17/h3-5,9-10,18H,1-2,6-8,11-16H2,(H-,22,25,26,27)/p+1/t18-/m0/s1. The smallest absolute Gasteiger partial charge is 0.480 e. The van der Waals surface area contributed by atoms with Crippen molar-refractivity contribution < 1.29 is 33.3 Å². The van der Waals surface area contributed by atoms with Gasteiger partial charge in [-0.2, -0.15) is 0 Å². The van der Waals surface area contributed by atoms with Crippen LogP contribution in [0.4, 0.5) is 4.79 Å². The largest absolute Gasteiger partial charge is 0.518 e. The Morgan fingerprint density at radius 2 is 1.87 bits per heavy atom. The molecule has 1 aliphatic rings. The molecular formula is C21H30N2O7P+. The SMILES string of the molecule is O=C(NCCCCCCO[P+](=O)CC(=O)N1CCC[C@H]1C(=O)O)OCc1ccccc1. The fourth-order valence-corrected chi connectivity index (χ4v) is 4.11. The molecule has 2 rings (SSSR count). The summed E-state index contributed by atoms with van der Waals surface area (Å²) < 4.78 is 22.3. The van der Waals surface area contributed by atoms with Crippen LogP contribution in [0.5, 0.6) is 0 Å². The first kappa shape index (κ1) is 24.8. The number of carbonyl (C=O) groups is 3. The molecule has 0 aromatic heterocycles. The van der Waals surface area contributed by atoms with Gasteiger partial charge in [0.15, 0.2) is 0 Å². The third-order valence-electron chi connectivity index (χ3n) is 4.91. The second kappa shape index (κ2) is 13.7. The summed E-state index contributed by atoms with van der Waals surface area (Å²) in [6.07, 6.45) is 3.52. The molecule has 1 heterocycles. The lowest BCUT2D eigenvalue weighted by Crippen LogP contribution is -2.41. The predicted octanol–water partition coefficient (Wildman–Crippen LogP) is 3.31. The second-order valence-corrected chi connectivity index (χ2v) is 8.55. The Hall–Kier alpha value is -2.51. The number of carbonyl (C=O) groups excluding carboxylic acids is 2. The third-order valence-corrected chi connectivity index (χ3v) is 5.91. The van der Waals surface area contributed by atoms with E-state index in [4.69, 9.17) is 14.4 Å². The van der Waals surface area contributed by atoms with Crippen molar-refractivity contribution in [2.24, 2.45) is 0 Å². The molecule has 0 bridgehead atoms. The highest BCUT2D eigenvalue weighted by molar-refractivity contribution is 7.40. The van der Waals surface area contributed by atoms with E-state index in [1.165, 1.54) is 4.90 Å². The number of hydrogen-bond acceptors (Lipinski definition) is 6. The normalized spacial score (nSPS) is 16.1. The molecule has 0 radical (unpaired) electrons. The van der Waals surface area contributed by atoms with Gasteiger partial charge in [0, 0.05) is 13.1 Å². The third kappa shape index (κ3) is 9.44. The molecule has 2 N–H and O–H groups in total. The molecule has 1 aromatic carbocycles. The number of hydrogen-bond donors (Lipinski definition) is 2. The number of nitrogens with zero attached hydrogens (tertiary/aromatic N) is 1. The molecule has 31 heavy (non-hydrogen) atoms. The molecule has 1 aliphatic heterocycles. The van der Waals surface area contributed by atoms with E-state index in [1.807, 2.05) is 30.3 Å². The Bertz CT molecular complexity index is 745. The van der Waals surface area contributed by atoms with Crippen LogP contribution in [0.3, 0.4) is 0 Å².